The van der Waals surface area contributed by atoms with E-state index in [1.807, 2.05) is 16.8 Å². The van der Waals surface area contributed by atoms with Crippen LogP contribution in [0.4, 0.5) is 0 Å². The second-order valence-electron chi connectivity index (χ2n) is 5.12. The maximum absolute atomic E-state index is 12.5. The summed E-state index contributed by atoms with van der Waals surface area (Å²) in [5.41, 5.74) is 0.826. The number of carbonyl (C=O) groups is 1. The molecule has 0 spiro atoms. The second kappa shape index (κ2) is 4.16. The maximum atomic E-state index is 12.5. The smallest absolute Gasteiger partial charge is 0.270 e. The van der Waals surface area contributed by atoms with E-state index in [4.69, 9.17) is 0 Å². The summed E-state index contributed by atoms with van der Waals surface area (Å²) >= 11 is 3.45. The Morgan fingerprint density at radius 1 is 1.53 bits per heavy atom. The number of likely N-dealkylation sites (tertiary alicyclic amines) is 1. The number of halogens is 1. The maximum Gasteiger partial charge on any atom is 0.270 e. The Morgan fingerprint density at radius 2 is 2.35 bits per heavy atom. The van der Waals surface area contributed by atoms with Crippen molar-refractivity contribution in [2.45, 2.75) is 38.8 Å². The Bertz CT molecular complexity index is 454. The standard InChI is InChI=1S/C13H17BrN2O/c1-2-15-8-10(14)6-12(15)13(17)16-7-9-3-4-11(16)5-9/h6,8-9,11H,2-5,7H2,1H3. The molecule has 3 rings (SSSR count). The van der Waals surface area contributed by atoms with Gasteiger partial charge in [0.1, 0.15) is 5.69 Å². The zero-order valence-electron chi connectivity index (χ0n) is 10.0. The molecular weight excluding hydrogens is 280 g/mol. The van der Waals surface area contributed by atoms with Crippen molar-refractivity contribution in [1.29, 1.82) is 0 Å². The van der Waals surface area contributed by atoms with E-state index in [0.717, 1.165) is 29.2 Å². The van der Waals surface area contributed by atoms with Gasteiger partial charge < -0.3 is 9.47 Å². The first kappa shape index (κ1) is 11.3. The van der Waals surface area contributed by atoms with Crippen LogP contribution in [0.5, 0.6) is 0 Å². The number of amides is 1. The SMILES string of the molecule is CCn1cc(Br)cc1C(=O)N1CC2CCC1C2. The molecule has 2 heterocycles. The lowest BCUT2D eigenvalue weighted by atomic mass is 10.1. The molecule has 1 aromatic rings. The molecule has 2 fully saturated rings. The molecule has 1 saturated heterocycles. The summed E-state index contributed by atoms with van der Waals surface area (Å²) in [6, 6.07) is 2.45. The fourth-order valence-corrected chi connectivity index (χ4v) is 3.70. The van der Waals surface area contributed by atoms with Crippen LogP contribution < -0.4 is 0 Å². The van der Waals surface area contributed by atoms with Crippen molar-refractivity contribution in [1.82, 2.24) is 9.47 Å². The third-order valence-electron chi connectivity index (χ3n) is 4.09. The van der Waals surface area contributed by atoms with Crippen LogP contribution in [-0.2, 0) is 6.54 Å². The molecule has 2 bridgehead atoms. The van der Waals surface area contributed by atoms with Gasteiger partial charge >= 0.3 is 0 Å². The minimum atomic E-state index is 0.213. The molecule has 1 saturated carbocycles. The summed E-state index contributed by atoms with van der Waals surface area (Å²) in [5, 5.41) is 0. The van der Waals surface area contributed by atoms with Crippen molar-refractivity contribution in [3.8, 4) is 0 Å². The molecule has 0 N–H and O–H groups in total. The van der Waals surface area contributed by atoms with Gasteiger partial charge in [0.25, 0.3) is 5.91 Å². The number of rotatable bonds is 2. The number of aromatic nitrogens is 1. The largest absolute Gasteiger partial charge is 0.343 e. The molecule has 0 radical (unpaired) electrons. The molecule has 1 aliphatic carbocycles. The summed E-state index contributed by atoms with van der Waals surface area (Å²) in [4.78, 5) is 14.6. The summed E-state index contributed by atoms with van der Waals surface area (Å²) in [6.45, 7) is 3.88. The molecule has 17 heavy (non-hydrogen) atoms. The number of nitrogens with zero attached hydrogens (tertiary/aromatic N) is 2. The van der Waals surface area contributed by atoms with E-state index in [-0.39, 0.29) is 5.91 Å². The Kier molecular flexibility index (Phi) is 2.77. The first-order chi connectivity index (χ1) is 8.19. The van der Waals surface area contributed by atoms with Crippen molar-refractivity contribution in [3.63, 3.8) is 0 Å². The Hall–Kier alpha value is -0.770. The normalized spacial score (nSPS) is 26.8. The van der Waals surface area contributed by atoms with Gasteiger partial charge in [-0.3, -0.25) is 4.79 Å². The molecule has 2 aliphatic rings. The van der Waals surface area contributed by atoms with Gasteiger partial charge in [-0.2, -0.15) is 0 Å². The zero-order valence-corrected chi connectivity index (χ0v) is 11.6. The molecule has 92 valence electrons. The number of piperidine rings is 1. The fourth-order valence-electron chi connectivity index (χ4n) is 3.24. The van der Waals surface area contributed by atoms with Crippen molar-refractivity contribution in [2.24, 2.45) is 5.92 Å². The Balaban J connectivity index is 1.86. The summed E-state index contributed by atoms with van der Waals surface area (Å²) in [6.07, 6.45) is 5.72. The quantitative estimate of drug-likeness (QED) is 0.824. The first-order valence-electron chi connectivity index (χ1n) is 6.35. The van der Waals surface area contributed by atoms with Gasteiger partial charge in [-0.1, -0.05) is 0 Å². The van der Waals surface area contributed by atoms with Crippen LogP contribution in [0.15, 0.2) is 16.7 Å². The van der Waals surface area contributed by atoms with E-state index in [0.29, 0.717) is 6.04 Å². The van der Waals surface area contributed by atoms with Crippen LogP contribution >= 0.6 is 15.9 Å². The van der Waals surface area contributed by atoms with Gasteiger partial charge in [0, 0.05) is 29.8 Å². The summed E-state index contributed by atoms with van der Waals surface area (Å²) in [5.74, 6) is 0.974. The number of aryl methyl sites for hydroxylation is 1. The van der Waals surface area contributed by atoms with Gasteiger partial charge in [-0.25, -0.2) is 0 Å². The van der Waals surface area contributed by atoms with Gasteiger partial charge in [0.05, 0.1) is 0 Å². The average Bonchev–Trinajstić information content (AvgIpc) is 3.01. The third-order valence-corrected chi connectivity index (χ3v) is 4.53. The molecule has 1 aliphatic heterocycles. The van der Waals surface area contributed by atoms with Crippen molar-refractivity contribution in [2.75, 3.05) is 6.54 Å². The van der Waals surface area contributed by atoms with E-state index in [2.05, 4.69) is 27.8 Å². The van der Waals surface area contributed by atoms with Gasteiger partial charge in [0.2, 0.25) is 0 Å². The topological polar surface area (TPSA) is 25.2 Å². The highest BCUT2D eigenvalue weighted by atomic mass is 79.9. The summed E-state index contributed by atoms with van der Waals surface area (Å²) < 4.78 is 3.02. The highest BCUT2D eigenvalue weighted by Gasteiger charge is 2.40. The van der Waals surface area contributed by atoms with E-state index >= 15 is 0 Å². The summed E-state index contributed by atoms with van der Waals surface area (Å²) in [7, 11) is 0. The zero-order chi connectivity index (χ0) is 12.0. The third kappa shape index (κ3) is 1.82. The molecule has 4 heteroatoms. The molecule has 1 aromatic heterocycles. The number of fused-ring (bicyclic) bond motifs is 2. The van der Waals surface area contributed by atoms with Crippen molar-refractivity contribution < 1.29 is 4.79 Å². The lowest BCUT2D eigenvalue weighted by molar-refractivity contribution is 0.0692. The van der Waals surface area contributed by atoms with Crippen LogP contribution in [0, 0.1) is 5.92 Å². The molecule has 0 aromatic carbocycles. The highest BCUT2D eigenvalue weighted by Crippen LogP contribution is 2.38. The van der Waals surface area contributed by atoms with E-state index in [9.17, 15) is 4.79 Å². The van der Waals surface area contributed by atoms with E-state index in [1.54, 1.807) is 0 Å². The Labute approximate surface area is 110 Å². The van der Waals surface area contributed by atoms with Gasteiger partial charge in [0.15, 0.2) is 0 Å². The van der Waals surface area contributed by atoms with Gasteiger partial charge in [-0.15, -0.1) is 0 Å². The minimum Gasteiger partial charge on any atom is -0.343 e. The number of hydrogen-bond acceptors (Lipinski definition) is 1. The van der Waals surface area contributed by atoms with Gasteiger partial charge in [-0.05, 0) is 54.1 Å². The predicted molar refractivity (Wildman–Crippen MR) is 70.0 cm³/mol. The molecule has 1 amide bonds. The first-order valence-corrected chi connectivity index (χ1v) is 7.15. The average molecular weight is 297 g/mol. The molecule has 2 unspecified atom stereocenters. The second-order valence-corrected chi connectivity index (χ2v) is 6.04. The monoisotopic (exact) mass is 296 g/mol. The fraction of sp³-hybridized carbons (Fsp3) is 0.615. The van der Waals surface area contributed by atoms with Crippen molar-refractivity contribution >= 4 is 21.8 Å². The van der Waals surface area contributed by atoms with E-state index in [1.165, 1.54) is 19.3 Å². The van der Waals surface area contributed by atoms with Crippen molar-refractivity contribution in [3.05, 3.63) is 22.4 Å². The van der Waals surface area contributed by atoms with E-state index < -0.39 is 0 Å². The van der Waals surface area contributed by atoms with Crippen LogP contribution in [0.25, 0.3) is 0 Å². The molecular formula is C13H17BrN2O. The Morgan fingerprint density at radius 3 is 2.94 bits per heavy atom. The predicted octanol–water partition coefficient (Wildman–Crippen LogP) is 2.90. The van der Waals surface area contributed by atoms with Crippen LogP contribution in [0.3, 0.4) is 0 Å². The van der Waals surface area contributed by atoms with Crippen LogP contribution in [0.1, 0.15) is 36.7 Å². The lowest BCUT2D eigenvalue weighted by Crippen LogP contribution is -2.38. The minimum absolute atomic E-state index is 0.213. The lowest BCUT2D eigenvalue weighted by Gasteiger charge is -2.27. The van der Waals surface area contributed by atoms with Crippen LogP contribution in [-0.4, -0.2) is 28.0 Å². The van der Waals surface area contributed by atoms with Crippen LogP contribution in [0.2, 0.25) is 0 Å². The number of hydrogen-bond donors (Lipinski definition) is 0. The number of carbonyl (C=O) groups excluding carboxylic acids is 1. The molecule has 3 nitrogen and oxygen atoms in total. The molecule has 2 atom stereocenters. The highest BCUT2D eigenvalue weighted by molar-refractivity contribution is 9.10.